The zero-order chi connectivity index (χ0) is 11.0. The maximum Gasteiger partial charge on any atom is 0.288 e. The molecule has 1 aromatic heterocycles. The number of fused-ring (bicyclic) bond motifs is 1. The van der Waals surface area contributed by atoms with Gasteiger partial charge in [0.1, 0.15) is 11.7 Å². The molecule has 0 saturated carbocycles. The van der Waals surface area contributed by atoms with E-state index in [-0.39, 0.29) is 6.10 Å². The SMILES string of the molecule is Cc1c(OC2CCNC2)oc2ccccc12. The van der Waals surface area contributed by atoms with Crippen LogP contribution in [0, 0.1) is 6.92 Å². The Bertz CT molecular complexity index is 498. The molecule has 0 spiro atoms. The Hall–Kier alpha value is -1.48. The Labute approximate surface area is 94.4 Å². The van der Waals surface area contributed by atoms with E-state index >= 15 is 0 Å². The van der Waals surface area contributed by atoms with Crippen molar-refractivity contribution < 1.29 is 9.15 Å². The molecule has 3 heteroatoms. The third-order valence-electron chi connectivity index (χ3n) is 3.09. The van der Waals surface area contributed by atoms with Gasteiger partial charge in [-0.05, 0) is 26.0 Å². The van der Waals surface area contributed by atoms with Crippen LogP contribution in [0.25, 0.3) is 11.0 Å². The van der Waals surface area contributed by atoms with Crippen LogP contribution in [0.3, 0.4) is 0 Å². The average Bonchev–Trinajstić information content (AvgIpc) is 2.90. The first-order chi connectivity index (χ1) is 7.84. The van der Waals surface area contributed by atoms with E-state index in [1.807, 2.05) is 25.1 Å². The Morgan fingerprint density at radius 3 is 3.00 bits per heavy atom. The summed E-state index contributed by atoms with van der Waals surface area (Å²) in [6, 6.07) is 8.04. The predicted octanol–water partition coefficient (Wildman–Crippen LogP) is 2.48. The Kier molecular flexibility index (Phi) is 2.33. The lowest BCUT2D eigenvalue weighted by Crippen LogP contribution is -2.19. The highest BCUT2D eigenvalue weighted by Crippen LogP contribution is 2.31. The normalized spacial score (nSPS) is 20.4. The Balaban J connectivity index is 1.94. The third kappa shape index (κ3) is 1.57. The number of para-hydroxylation sites is 1. The molecule has 1 atom stereocenters. The molecular weight excluding hydrogens is 202 g/mol. The summed E-state index contributed by atoms with van der Waals surface area (Å²) in [7, 11) is 0. The van der Waals surface area contributed by atoms with Crippen LogP contribution in [-0.2, 0) is 0 Å². The van der Waals surface area contributed by atoms with Gasteiger partial charge in [0, 0.05) is 17.5 Å². The van der Waals surface area contributed by atoms with Gasteiger partial charge in [0.25, 0.3) is 5.95 Å². The first kappa shape index (κ1) is 9.73. The molecule has 1 aliphatic rings. The molecule has 1 unspecified atom stereocenters. The van der Waals surface area contributed by atoms with Gasteiger partial charge < -0.3 is 14.5 Å². The lowest BCUT2D eigenvalue weighted by atomic mass is 10.2. The van der Waals surface area contributed by atoms with E-state index in [1.165, 1.54) is 0 Å². The summed E-state index contributed by atoms with van der Waals surface area (Å²) >= 11 is 0. The molecule has 0 bridgehead atoms. The van der Waals surface area contributed by atoms with Crippen molar-refractivity contribution in [3.05, 3.63) is 29.8 Å². The van der Waals surface area contributed by atoms with Crippen LogP contribution in [0.5, 0.6) is 5.95 Å². The van der Waals surface area contributed by atoms with Gasteiger partial charge in [-0.3, -0.25) is 0 Å². The molecular formula is C13H15NO2. The molecule has 1 saturated heterocycles. The Morgan fingerprint density at radius 1 is 1.38 bits per heavy atom. The van der Waals surface area contributed by atoms with Crippen molar-refractivity contribution in [2.24, 2.45) is 0 Å². The minimum atomic E-state index is 0.249. The van der Waals surface area contributed by atoms with E-state index in [0.29, 0.717) is 5.95 Å². The summed E-state index contributed by atoms with van der Waals surface area (Å²) in [5.74, 6) is 0.676. The number of hydrogen-bond donors (Lipinski definition) is 1. The van der Waals surface area contributed by atoms with Crippen molar-refractivity contribution in [2.75, 3.05) is 13.1 Å². The maximum atomic E-state index is 5.86. The number of ether oxygens (including phenoxy) is 1. The predicted molar refractivity (Wildman–Crippen MR) is 62.9 cm³/mol. The Morgan fingerprint density at radius 2 is 2.25 bits per heavy atom. The summed E-state index contributed by atoms with van der Waals surface area (Å²) in [4.78, 5) is 0. The van der Waals surface area contributed by atoms with Crippen molar-refractivity contribution in [3.63, 3.8) is 0 Å². The van der Waals surface area contributed by atoms with E-state index < -0.39 is 0 Å². The summed E-state index contributed by atoms with van der Waals surface area (Å²) < 4.78 is 11.6. The van der Waals surface area contributed by atoms with Crippen LogP contribution in [0.2, 0.25) is 0 Å². The number of rotatable bonds is 2. The smallest absolute Gasteiger partial charge is 0.288 e. The molecule has 2 aromatic rings. The molecule has 1 aromatic carbocycles. The average molecular weight is 217 g/mol. The third-order valence-corrected chi connectivity index (χ3v) is 3.09. The molecule has 16 heavy (non-hydrogen) atoms. The largest absolute Gasteiger partial charge is 0.460 e. The molecule has 0 amide bonds. The van der Waals surface area contributed by atoms with Crippen LogP contribution in [-0.4, -0.2) is 19.2 Å². The summed E-state index contributed by atoms with van der Waals surface area (Å²) in [5, 5.41) is 4.42. The van der Waals surface area contributed by atoms with Gasteiger partial charge in [-0.25, -0.2) is 0 Å². The molecule has 3 nitrogen and oxygen atoms in total. The van der Waals surface area contributed by atoms with Gasteiger partial charge in [0.15, 0.2) is 0 Å². The monoisotopic (exact) mass is 217 g/mol. The molecule has 1 aliphatic heterocycles. The first-order valence-electron chi connectivity index (χ1n) is 5.70. The van der Waals surface area contributed by atoms with Crippen molar-refractivity contribution in [3.8, 4) is 5.95 Å². The van der Waals surface area contributed by atoms with Crippen LogP contribution < -0.4 is 10.1 Å². The lowest BCUT2D eigenvalue weighted by molar-refractivity contribution is 0.174. The second kappa shape index (κ2) is 3.83. The van der Waals surface area contributed by atoms with Gasteiger partial charge in [-0.2, -0.15) is 0 Å². The lowest BCUT2D eigenvalue weighted by Gasteiger charge is -2.09. The number of hydrogen-bond acceptors (Lipinski definition) is 3. The highest BCUT2D eigenvalue weighted by molar-refractivity contribution is 5.82. The molecule has 0 aliphatic carbocycles. The first-order valence-corrected chi connectivity index (χ1v) is 5.70. The second-order valence-electron chi connectivity index (χ2n) is 4.24. The van der Waals surface area contributed by atoms with E-state index in [9.17, 15) is 0 Å². The van der Waals surface area contributed by atoms with Gasteiger partial charge in [-0.15, -0.1) is 0 Å². The van der Waals surface area contributed by atoms with Crippen LogP contribution in [0.4, 0.5) is 0 Å². The standard InChI is InChI=1S/C13H15NO2/c1-9-11-4-2-3-5-12(11)16-13(9)15-10-6-7-14-8-10/h2-5,10,14H,6-8H2,1H3. The summed E-state index contributed by atoms with van der Waals surface area (Å²) in [6.07, 6.45) is 1.30. The van der Waals surface area contributed by atoms with Gasteiger partial charge in [0.05, 0.1) is 0 Å². The van der Waals surface area contributed by atoms with Crippen molar-refractivity contribution >= 4 is 11.0 Å². The zero-order valence-electron chi connectivity index (χ0n) is 9.32. The van der Waals surface area contributed by atoms with Gasteiger partial charge in [0.2, 0.25) is 0 Å². The van der Waals surface area contributed by atoms with Crippen molar-refractivity contribution in [2.45, 2.75) is 19.4 Å². The highest BCUT2D eigenvalue weighted by atomic mass is 16.6. The molecule has 1 fully saturated rings. The zero-order valence-corrected chi connectivity index (χ0v) is 9.32. The fourth-order valence-corrected chi connectivity index (χ4v) is 2.14. The maximum absolute atomic E-state index is 5.86. The minimum Gasteiger partial charge on any atom is -0.460 e. The minimum absolute atomic E-state index is 0.249. The molecule has 3 rings (SSSR count). The second-order valence-corrected chi connectivity index (χ2v) is 4.24. The van der Waals surface area contributed by atoms with E-state index in [0.717, 1.165) is 36.0 Å². The quantitative estimate of drug-likeness (QED) is 0.839. The number of aryl methyl sites for hydroxylation is 1. The molecule has 84 valence electrons. The van der Waals surface area contributed by atoms with Crippen molar-refractivity contribution in [1.82, 2.24) is 5.32 Å². The van der Waals surface area contributed by atoms with Gasteiger partial charge >= 0.3 is 0 Å². The van der Waals surface area contributed by atoms with E-state index in [1.54, 1.807) is 0 Å². The van der Waals surface area contributed by atoms with Crippen LogP contribution in [0.1, 0.15) is 12.0 Å². The number of benzene rings is 1. The van der Waals surface area contributed by atoms with Crippen molar-refractivity contribution in [1.29, 1.82) is 0 Å². The number of furan rings is 1. The number of nitrogens with one attached hydrogen (secondary N) is 1. The van der Waals surface area contributed by atoms with Crippen LogP contribution >= 0.6 is 0 Å². The van der Waals surface area contributed by atoms with E-state index in [2.05, 4.69) is 11.4 Å². The van der Waals surface area contributed by atoms with Crippen LogP contribution in [0.15, 0.2) is 28.7 Å². The molecule has 0 radical (unpaired) electrons. The van der Waals surface area contributed by atoms with E-state index in [4.69, 9.17) is 9.15 Å². The summed E-state index contributed by atoms with van der Waals surface area (Å²) in [6.45, 7) is 3.99. The summed E-state index contributed by atoms with van der Waals surface area (Å²) in [5.41, 5.74) is 2.00. The molecule has 2 heterocycles. The van der Waals surface area contributed by atoms with Gasteiger partial charge in [-0.1, -0.05) is 18.2 Å². The topological polar surface area (TPSA) is 34.4 Å². The fourth-order valence-electron chi connectivity index (χ4n) is 2.14. The highest BCUT2D eigenvalue weighted by Gasteiger charge is 2.19. The fraction of sp³-hybridized carbons (Fsp3) is 0.385. The molecule has 1 N–H and O–H groups in total.